The van der Waals surface area contributed by atoms with Crippen molar-refractivity contribution < 1.29 is 14.0 Å². The maximum atomic E-state index is 13.4. The molecule has 0 radical (unpaired) electrons. The third-order valence-corrected chi connectivity index (χ3v) is 5.31. The van der Waals surface area contributed by atoms with E-state index in [4.69, 9.17) is 4.42 Å². The number of nitrogens with one attached hydrogen (secondary N) is 1. The molecule has 1 heterocycles. The van der Waals surface area contributed by atoms with E-state index >= 15 is 0 Å². The molecule has 0 aliphatic carbocycles. The van der Waals surface area contributed by atoms with Gasteiger partial charge in [0.2, 0.25) is 11.8 Å². The maximum Gasteiger partial charge on any atom is 0.273 e. The van der Waals surface area contributed by atoms with Crippen LogP contribution in [0.15, 0.2) is 41.0 Å². The summed E-state index contributed by atoms with van der Waals surface area (Å²) >= 11 is 0. The Morgan fingerprint density at radius 3 is 2.35 bits per heavy atom. The van der Waals surface area contributed by atoms with E-state index in [1.165, 1.54) is 6.26 Å². The first-order valence-electron chi connectivity index (χ1n) is 11.4. The van der Waals surface area contributed by atoms with Crippen LogP contribution < -0.4 is 5.32 Å². The molecule has 170 valence electrons. The van der Waals surface area contributed by atoms with Crippen molar-refractivity contribution in [1.82, 2.24) is 15.2 Å². The standard InChI is InChI=1S/C25H37N3O3/c1-6-21(20-10-8-7-9-11-20)25(30)28(15-13-19(4)5)16-23-27-22(17-31-23)24(29)26-14-12-18(2)3/h7-11,17-19,21H,6,12-16H2,1-5H3,(H,26,29). The Morgan fingerprint density at radius 1 is 1.06 bits per heavy atom. The molecule has 0 spiro atoms. The van der Waals surface area contributed by atoms with Crippen molar-refractivity contribution in [2.24, 2.45) is 11.8 Å². The molecular weight excluding hydrogens is 390 g/mol. The van der Waals surface area contributed by atoms with E-state index in [1.54, 1.807) is 0 Å². The molecule has 0 aliphatic heterocycles. The lowest BCUT2D eigenvalue weighted by atomic mass is 9.94. The average Bonchev–Trinajstić information content (AvgIpc) is 3.20. The number of amides is 2. The SMILES string of the molecule is CCC(C(=O)N(CCC(C)C)Cc1nc(C(=O)NCCC(C)C)co1)c1ccccc1. The van der Waals surface area contributed by atoms with Gasteiger partial charge in [0.25, 0.3) is 5.91 Å². The number of carbonyl (C=O) groups is 2. The maximum absolute atomic E-state index is 13.4. The number of hydrogen-bond donors (Lipinski definition) is 1. The Bertz CT molecular complexity index is 814. The summed E-state index contributed by atoms with van der Waals surface area (Å²) in [5.41, 5.74) is 1.27. The molecule has 6 heteroatoms. The normalized spacial score (nSPS) is 12.2. The lowest BCUT2D eigenvalue weighted by Crippen LogP contribution is -2.36. The Kier molecular flexibility index (Phi) is 9.76. The van der Waals surface area contributed by atoms with Crippen molar-refractivity contribution in [1.29, 1.82) is 0 Å². The minimum atomic E-state index is -0.244. The molecule has 1 unspecified atom stereocenters. The summed E-state index contributed by atoms with van der Waals surface area (Å²) < 4.78 is 5.55. The molecule has 0 aliphatic rings. The molecule has 0 bridgehead atoms. The summed E-state index contributed by atoms with van der Waals surface area (Å²) in [6.07, 6.45) is 3.89. The second kappa shape index (κ2) is 12.3. The Labute approximate surface area is 186 Å². The van der Waals surface area contributed by atoms with Gasteiger partial charge in [-0.05, 0) is 36.7 Å². The smallest absolute Gasteiger partial charge is 0.273 e. The van der Waals surface area contributed by atoms with Gasteiger partial charge in [-0.25, -0.2) is 4.98 Å². The largest absolute Gasteiger partial charge is 0.446 e. The van der Waals surface area contributed by atoms with Crippen LogP contribution in [0.3, 0.4) is 0 Å². The van der Waals surface area contributed by atoms with Crippen LogP contribution in [-0.4, -0.2) is 34.8 Å². The monoisotopic (exact) mass is 427 g/mol. The zero-order valence-electron chi connectivity index (χ0n) is 19.6. The van der Waals surface area contributed by atoms with Crippen molar-refractivity contribution in [2.75, 3.05) is 13.1 Å². The van der Waals surface area contributed by atoms with Gasteiger partial charge in [0.15, 0.2) is 5.69 Å². The van der Waals surface area contributed by atoms with Gasteiger partial charge < -0.3 is 14.6 Å². The van der Waals surface area contributed by atoms with E-state index in [0.29, 0.717) is 30.8 Å². The molecule has 6 nitrogen and oxygen atoms in total. The van der Waals surface area contributed by atoms with Crippen LogP contribution in [0.4, 0.5) is 0 Å². The molecule has 0 fully saturated rings. The average molecular weight is 428 g/mol. The van der Waals surface area contributed by atoms with Gasteiger partial charge in [0.05, 0.1) is 12.5 Å². The van der Waals surface area contributed by atoms with Gasteiger partial charge in [-0.3, -0.25) is 9.59 Å². The predicted molar refractivity (Wildman–Crippen MR) is 123 cm³/mol. The number of hydrogen-bond acceptors (Lipinski definition) is 4. The van der Waals surface area contributed by atoms with Crippen molar-refractivity contribution in [3.63, 3.8) is 0 Å². The molecule has 1 aromatic heterocycles. The topological polar surface area (TPSA) is 75.4 Å². The van der Waals surface area contributed by atoms with Crippen LogP contribution in [-0.2, 0) is 11.3 Å². The Balaban J connectivity index is 2.11. The highest BCUT2D eigenvalue weighted by Gasteiger charge is 2.26. The van der Waals surface area contributed by atoms with Gasteiger partial charge in [-0.2, -0.15) is 0 Å². The molecule has 0 saturated heterocycles. The number of carbonyl (C=O) groups excluding carboxylic acids is 2. The summed E-state index contributed by atoms with van der Waals surface area (Å²) in [4.78, 5) is 31.9. The lowest BCUT2D eigenvalue weighted by Gasteiger charge is -2.27. The van der Waals surface area contributed by atoms with Crippen molar-refractivity contribution >= 4 is 11.8 Å². The second-order valence-corrected chi connectivity index (χ2v) is 8.88. The second-order valence-electron chi connectivity index (χ2n) is 8.88. The van der Waals surface area contributed by atoms with E-state index in [9.17, 15) is 9.59 Å². The number of aromatic nitrogens is 1. The molecule has 31 heavy (non-hydrogen) atoms. The first-order valence-corrected chi connectivity index (χ1v) is 11.4. The van der Waals surface area contributed by atoms with Crippen LogP contribution in [0.2, 0.25) is 0 Å². The summed E-state index contributed by atoms with van der Waals surface area (Å²) in [5, 5.41) is 2.87. The van der Waals surface area contributed by atoms with Gasteiger partial charge in [-0.1, -0.05) is 65.0 Å². The molecule has 2 amide bonds. The van der Waals surface area contributed by atoms with Crippen molar-refractivity contribution in [3.8, 4) is 0 Å². The van der Waals surface area contributed by atoms with Crippen LogP contribution in [0.5, 0.6) is 0 Å². The van der Waals surface area contributed by atoms with Crippen molar-refractivity contribution in [3.05, 3.63) is 53.7 Å². The van der Waals surface area contributed by atoms with Gasteiger partial charge in [0.1, 0.15) is 6.26 Å². The minimum Gasteiger partial charge on any atom is -0.446 e. The molecule has 2 rings (SSSR count). The molecule has 0 saturated carbocycles. The quantitative estimate of drug-likeness (QED) is 0.516. The van der Waals surface area contributed by atoms with Crippen molar-refractivity contribution in [2.45, 2.75) is 66.3 Å². The van der Waals surface area contributed by atoms with Crippen LogP contribution >= 0.6 is 0 Å². The van der Waals surface area contributed by atoms with E-state index < -0.39 is 0 Å². The van der Waals surface area contributed by atoms with Crippen LogP contribution in [0.1, 0.15) is 81.7 Å². The number of rotatable bonds is 12. The van der Waals surface area contributed by atoms with E-state index in [1.807, 2.05) is 42.2 Å². The third-order valence-electron chi connectivity index (χ3n) is 5.31. The highest BCUT2D eigenvalue weighted by molar-refractivity contribution is 5.91. The molecule has 1 N–H and O–H groups in total. The number of nitrogens with zero attached hydrogens (tertiary/aromatic N) is 2. The fourth-order valence-electron chi connectivity index (χ4n) is 3.36. The predicted octanol–water partition coefficient (Wildman–Crippen LogP) is 5.02. The zero-order chi connectivity index (χ0) is 22.8. The summed E-state index contributed by atoms with van der Waals surface area (Å²) in [6, 6.07) is 9.87. The fourth-order valence-corrected chi connectivity index (χ4v) is 3.36. The summed E-state index contributed by atoms with van der Waals surface area (Å²) in [5.74, 6) is 0.988. The van der Waals surface area contributed by atoms with E-state index in [0.717, 1.165) is 24.8 Å². The highest BCUT2D eigenvalue weighted by atomic mass is 16.3. The number of benzene rings is 1. The zero-order valence-corrected chi connectivity index (χ0v) is 19.6. The first-order chi connectivity index (χ1) is 14.8. The minimum absolute atomic E-state index is 0.0653. The molecule has 1 aromatic carbocycles. The molecular formula is C25H37N3O3. The summed E-state index contributed by atoms with van der Waals surface area (Å²) in [6.45, 7) is 12.0. The molecule has 1 atom stereocenters. The van der Waals surface area contributed by atoms with Gasteiger partial charge in [-0.15, -0.1) is 0 Å². The van der Waals surface area contributed by atoms with Crippen LogP contribution in [0.25, 0.3) is 0 Å². The fraction of sp³-hybridized carbons (Fsp3) is 0.560. The first kappa shape index (κ1) is 24.6. The van der Waals surface area contributed by atoms with Gasteiger partial charge in [0, 0.05) is 13.1 Å². The van der Waals surface area contributed by atoms with Crippen LogP contribution in [0, 0.1) is 11.8 Å². The highest BCUT2D eigenvalue weighted by Crippen LogP contribution is 2.23. The third kappa shape index (κ3) is 7.85. The van der Waals surface area contributed by atoms with E-state index in [-0.39, 0.29) is 30.0 Å². The molecule has 2 aromatic rings. The van der Waals surface area contributed by atoms with Gasteiger partial charge >= 0.3 is 0 Å². The summed E-state index contributed by atoms with van der Waals surface area (Å²) in [7, 11) is 0. The number of oxazole rings is 1. The van der Waals surface area contributed by atoms with E-state index in [2.05, 4.69) is 38.0 Å². The Morgan fingerprint density at radius 2 is 1.74 bits per heavy atom. The lowest BCUT2D eigenvalue weighted by molar-refractivity contribution is -0.134. The Hall–Kier alpha value is -2.63.